The number of benzene rings is 1. The first-order valence-electron chi connectivity index (χ1n) is 5.26. The fourth-order valence-electron chi connectivity index (χ4n) is 1.40. The number of aromatic nitrogens is 2. The molecular weight excluding hydrogens is 257 g/mol. The number of rotatable bonds is 3. The second kappa shape index (κ2) is 5.29. The second-order valence-corrected chi connectivity index (χ2v) is 4.07. The molecule has 0 atom stereocenters. The third-order valence-electron chi connectivity index (χ3n) is 2.20. The molecule has 0 spiro atoms. The number of halogens is 2. The van der Waals surface area contributed by atoms with E-state index in [1.54, 1.807) is 19.1 Å². The smallest absolute Gasteiger partial charge is 0.322 e. The van der Waals surface area contributed by atoms with Gasteiger partial charge in [-0.3, -0.25) is 0 Å². The zero-order chi connectivity index (χ0) is 13.1. The fourth-order valence-corrected chi connectivity index (χ4v) is 1.52. The number of nitrogens with two attached hydrogens (primary N) is 1. The van der Waals surface area contributed by atoms with Crippen LogP contribution in [0.4, 0.5) is 4.39 Å². The molecule has 0 radical (unpaired) electrons. The third kappa shape index (κ3) is 2.94. The molecule has 0 aliphatic carbocycles. The highest BCUT2D eigenvalue weighted by Gasteiger charge is 2.06. The van der Waals surface area contributed by atoms with Crippen LogP contribution < -0.4 is 10.5 Å². The van der Waals surface area contributed by atoms with Gasteiger partial charge in [-0.05, 0) is 25.1 Å². The molecule has 6 heteroatoms. The van der Waals surface area contributed by atoms with E-state index in [9.17, 15) is 4.39 Å². The van der Waals surface area contributed by atoms with E-state index in [1.165, 1.54) is 12.1 Å². The lowest BCUT2D eigenvalue weighted by Crippen LogP contribution is -2.03. The summed E-state index contributed by atoms with van der Waals surface area (Å²) in [6, 6.07) is 6.02. The Morgan fingerprint density at radius 3 is 2.78 bits per heavy atom. The Morgan fingerprint density at radius 2 is 2.11 bits per heavy atom. The maximum Gasteiger partial charge on any atom is 0.322 e. The van der Waals surface area contributed by atoms with E-state index in [1.807, 2.05) is 0 Å². The molecular formula is C12H11ClFN3O. The summed E-state index contributed by atoms with van der Waals surface area (Å²) in [5.41, 5.74) is 6.89. The lowest BCUT2D eigenvalue weighted by atomic mass is 10.3. The van der Waals surface area contributed by atoms with Crippen molar-refractivity contribution in [3.8, 4) is 11.8 Å². The number of hydrogen-bond acceptors (Lipinski definition) is 4. The van der Waals surface area contributed by atoms with E-state index in [0.29, 0.717) is 5.69 Å². The molecule has 0 aliphatic heterocycles. The van der Waals surface area contributed by atoms with Crippen LogP contribution in [0.5, 0.6) is 11.8 Å². The van der Waals surface area contributed by atoms with Crippen molar-refractivity contribution in [1.82, 2.24) is 9.97 Å². The summed E-state index contributed by atoms with van der Waals surface area (Å²) in [4.78, 5) is 8.17. The Labute approximate surface area is 109 Å². The SMILES string of the molecule is Cc1cc(CN)nc(Oc2ccc(Cl)c(F)c2)n1. The molecule has 4 nitrogen and oxygen atoms in total. The van der Waals surface area contributed by atoms with Crippen molar-refractivity contribution in [2.45, 2.75) is 13.5 Å². The van der Waals surface area contributed by atoms with Gasteiger partial charge in [-0.25, -0.2) is 9.37 Å². The maximum atomic E-state index is 13.2. The quantitative estimate of drug-likeness (QED) is 0.929. The van der Waals surface area contributed by atoms with Gasteiger partial charge in [0.05, 0.1) is 10.7 Å². The van der Waals surface area contributed by atoms with E-state index >= 15 is 0 Å². The number of nitrogens with zero attached hydrogens (tertiary/aromatic N) is 2. The van der Waals surface area contributed by atoms with E-state index in [-0.39, 0.29) is 23.3 Å². The second-order valence-electron chi connectivity index (χ2n) is 3.67. The lowest BCUT2D eigenvalue weighted by Gasteiger charge is -2.06. The van der Waals surface area contributed by atoms with Crippen molar-refractivity contribution in [2.24, 2.45) is 5.73 Å². The summed E-state index contributed by atoms with van der Waals surface area (Å²) < 4.78 is 18.6. The minimum Gasteiger partial charge on any atom is -0.424 e. The van der Waals surface area contributed by atoms with Gasteiger partial charge in [-0.2, -0.15) is 4.98 Å². The van der Waals surface area contributed by atoms with Gasteiger partial charge in [0, 0.05) is 18.3 Å². The van der Waals surface area contributed by atoms with Gasteiger partial charge in [-0.1, -0.05) is 11.6 Å². The molecule has 0 amide bonds. The minimum atomic E-state index is -0.555. The molecule has 1 heterocycles. The van der Waals surface area contributed by atoms with Crippen molar-refractivity contribution >= 4 is 11.6 Å². The van der Waals surface area contributed by atoms with Crippen LogP contribution in [-0.2, 0) is 6.54 Å². The Kier molecular flexibility index (Phi) is 3.74. The molecule has 94 valence electrons. The Balaban J connectivity index is 2.27. The molecule has 0 bridgehead atoms. The van der Waals surface area contributed by atoms with Gasteiger partial charge in [0.25, 0.3) is 0 Å². The molecule has 1 aromatic carbocycles. The summed E-state index contributed by atoms with van der Waals surface area (Å²) in [7, 11) is 0. The van der Waals surface area contributed by atoms with E-state index < -0.39 is 5.82 Å². The zero-order valence-electron chi connectivity index (χ0n) is 9.65. The monoisotopic (exact) mass is 267 g/mol. The summed E-state index contributed by atoms with van der Waals surface area (Å²) in [5, 5.41) is 0.0372. The lowest BCUT2D eigenvalue weighted by molar-refractivity contribution is 0.434. The van der Waals surface area contributed by atoms with Crippen LogP contribution in [0.1, 0.15) is 11.4 Å². The minimum absolute atomic E-state index is 0.0372. The van der Waals surface area contributed by atoms with Gasteiger partial charge in [-0.15, -0.1) is 0 Å². The molecule has 0 saturated carbocycles. The van der Waals surface area contributed by atoms with Gasteiger partial charge in [0.2, 0.25) is 0 Å². The average molecular weight is 268 g/mol. The topological polar surface area (TPSA) is 61.0 Å². The first-order chi connectivity index (χ1) is 8.58. The first-order valence-corrected chi connectivity index (χ1v) is 5.64. The van der Waals surface area contributed by atoms with E-state index in [4.69, 9.17) is 22.1 Å². The molecule has 0 aliphatic rings. The summed E-state index contributed by atoms with van der Waals surface area (Å²) in [6.45, 7) is 2.09. The van der Waals surface area contributed by atoms with Crippen molar-refractivity contribution < 1.29 is 9.13 Å². The van der Waals surface area contributed by atoms with Gasteiger partial charge >= 0.3 is 6.01 Å². The summed E-state index contributed by atoms with van der Waals surface area (Å²) in [6.07, 6.45) is 0. The Bertz CT molecular complexity index is 577. The molecule has 0 saturated heterocycles. The van der Waals surface area contributed by atoms with Crippen molar-refractivity contribution in [1.29, 1.82) is 0 Å². The number of ether oxygens (including phenoxy) is 1. The number of aryl methyl sites for hydroxylation is 1. The van der Waals surface area contributed by atoms with Gasteiger partial charge in [0.1, 0.15) is 11.6 Å². The van der Waals surface area contributed by atoms with Crippen LogP contribution in [-0.4, -0.2) is 9.97 Å². The van der Waals surface area contributed by atoms with Crippen LogP contribution in [0.15, 0.2) is 24.3 Å². The molecule has 0 unspecified atom stereocenters. The highest BCUT2D eigenvalue weighted by molar-refractivity contribution is 6.30. The standard InChI is InChI=1S/C12H11ClFN3O/c1-7-4-8(6-15)17-12(16-7)18-9-2-3-10(13)11(14)5-9/h2-5H,6,15H2,1H3. The molecule has 2 N–H and O–H groups in total. The summed E-state index contributed by atoms with van der Waals surface area (Å²) >= 11 is 5.58. The van der Waals surface area contributed by atoms with Crippen LogP contribution in [0, 0.1) is 12.7 Å². The van der Waals surface area contributed by atoms with Crippen LogP contribution in [0.2, 0.25) is 5.02 Å². The molecule has 18 heavy (non-hydrogen) atoms. The van der Waals surface area contributed by atoms with Crippen molar-refractivity contribution in [3.05, 3.63) is 46.5 Å². The molecule has 0 fully saturated rings. The van der Waals surface area contributed by atoms with Gasteiger partial charge < -0.3 is 10.5 Å². The highest BCUT2D eigenvalue weighted by atomic mass is 35.5. The van der Waals surface area contributed by atoms with Crippen LogP contribution >= 0.6 is 11.6 Å². The summed E-state index contributed by atoms with van der Waals surface area (Å²) in [5.74, 6) is -0.272. The fraction of sp³-hybridized carbons (Fsp3) is 0.167. The third-order valence-corrected chi connectivity index (χ3v) is 2.50. The average Bonchev–Trinajstić information content (AvgIpc) is 2.33. The normalized spacial score (nSPS) is 10.4. The largest absolute Gasteiger partial charge is 0.424 e. The van der Waals surface area contributed by atoms with Crippen molar-refractivity contribution in [2.75, 3.05) is 0 Å². The Morgan fingerprint density at radius 1 is 1.33 bits per heavy atom. The Hall–Kier alpha value is -1.72. The van der Waals surface area contributed by atoms with E-state index in [2.05, 4.69) is 9.97 Å². The van der Waals surface area contributed by atoms with Crippen LogP contribution in [0.25, 0.3) is 0 Å². The first kappa shape index (κ1) is 12.7. The van der Waals surface area contributed by atoms with Gasteiger partial charge in [0.15, 0.2) is 0 Å². The van der Waals surface area contributed by atoms with Crippen LogP contribution in [0.3, 0.4) is 0 Å². The van der Waals surface area contributed by atoms with E-state index in [0.717, 1.165) is 5.69 Å². The number of hydrogen-bond donors (Lipinski definition) is 1. The predicted octanol–water partition coefficient (Wildman–Crippen LogP) is 2.83. The molecule has 2 rings (SSSR count). The highest BCUT2D eigenvalue weighted by Crippen LogP contribution is 2.23. The van der Waals surface area contributed by atoms with Crippen molar-refractivity contribution in [3.63, 3.8) is 0 Å². The zero-order valence-corrected chi connectivity index (χ0v) is 10.4. The maximum absolute atomic E-state index is 13.2. The molecule has 1 aromatic heterocycles. The molecule has 2 aromatic rings. The predicted molar refractivity (Wildman–Crippen MR) is 66.1 cm³/mol.